The molecule has 0 saturated carbocycles. The van der Waals surface area contributed by atoms with Crippen LogP contribution in [0.5, 0.6) is 11.5 Å². The Kier molecular flexibility index (Phi) is 4.33. The SMILES string of the molecule is CC(N)c1cc(F)ccc1Oc1ccc(C(C)(C)C)cc1. The first kappa shape index (κ1) is 15.5. The zero-order valence-corrected chi connectivity index (χ0v) is 13.0. The average Bonchev–Trinajstić information content (AvgIpc) is 2.40. The Bertz CT molecular complexity index is 612. The van der Waals surface area contributed by atoms with Crippen molar-refractivity contribution in [3.05, 3.63) is 59.4 Å². The summed E-state index contributed by atoms with van der Waals surface area (Å²) in [7, 11) is 0. The number of halogens is 1. The van der Waals surface area contributed by atoms with Gasteiger partial charge in [0.15, 0.2) is 0 Å². The van der Waals surface area contributed by atoms with Gasteiger partial charge in [-0.05, 0) is 48.2 Å². The first-order valence-electron chi connectivity index (χ1n) is 7.11. The lowest BCUT2D eigenvalue weighted by Gasteiger charge is -2.19. The fourth-order valence-electron chi connectivity index (χ4n) is 2.12. The highest BCUT2D eigenvalue weighted by atomic mass is 19.1. The van der Waals surface area contributed by atoms with Crippen LogP contribution in [0, 0.1) is 5.82 Å². The minimum Gasteiger partial charge on any atom is -0.457 e. The van der Waals surface area contributed by atoms with Crippen LogP contribution in [0.3, 0.4) is 0 Å². The standard InChI is InChI=1S/C18H22FNO/c1-12(20)16-11-14(19)7-10-17(16)21-15-8-5-13(6-9-15)18(2,3)4/h5-12H,20H2,1-4H3. The van der Waals surface area contributed by atoms with Crippen LogP contribution in [0.2, 0.25) is 0 Å². The summed E-state index contributed by atoms with van der Waals surface area (Å²) in [6.45, 7) is 8.30. The molecule has 0 aliphatic heterocycles. The normalized spacial score (nSPS) is 13.0. The summed E-state index contributed by atoms with van der Waals surface area (Å²) in [5, 5.41) is 0. The quantitative estimate of drug-likeness (QED) is 0.868. The van der Waals surface area contributed by atoms with Gasteiger partial charge in [-0.15, -0.1) is 0 Å². The van der Waals surface area contributed by atoms with Crippen molar-refractivity contribution in [1.82, 2.24) is 0 Å². The zero-order valence-electron chi connectivity index (χ0n) is 13.0. The maximum Gasteiger partial charge on any atom is 0.132 e. The van der Waals surface area contributed by atoms with E-state index in [0.29, 0.717) is 11.3 Å². The molecular weight excluding hydrogens is 265 g/mol. The molecule has 3 heteroatoms. The Morgan fingerprint density at radius 3 is 2.19 bits per heavy atom. The van der Waals surface area contributed by atoms with E-state index in [1.807, 2.05) is 31.2 Å². The number of hydrogen-bond acceptors (Lipinski definition) is 2. The van der Waals surface area contributed by atoms with E-state index in [-0.39, 0.29) is 17.3 Å². The second kappa shape index (κ2) is 5.86. The molecule has 2 aromatic carbocycles. The Balaban J connectivity index is 2.26. The number of nitrogens with two attached hydrogens (primary N) is 1. The van der Waals surface area contributed by atoms with Gasteiger partial charge in [0.05, 0.1) is 0 Å². The predicted octanol–water partition coefficient (Wildman–Crippen LogP) is 4.94. The van der Waals surface area contributed by atoms with E-state index >= 15 is 0 Å². The van der Waals surface area contributed by atoms with Crippen molar-refractivity contribution in [3.63, 3.8) is 0 Å². The molecule has 0 aliphatic carbocycles. The summed E-state index contributed by atoms with van der Waals surface area (Å²) < 4.78 is 19.2. The van der Waals surface area contributed by atoms with Crippen LogP contribution in [0.15, 0.2) is 42.5 Å². The van der Waals surface area contributed by atoms with Crippen molar-refractivity contribution < 1.29 is 9.13 Å². The highest BCUT2D eigenvalue weighted by Crippen LogP contribution is 2.31. The molecule has 0 aliphatic rings. The number of ether oxygens (including phenoxy) is 1. The monoisotopic (exact) mass is 287 g/mol. The van der Waals surface area contributed by atoms with E-state index in [9.17, 15) is 4.39 Å². The van der Waals surface area contributed by atoms with Gasteiger partial charge in [0, 0.05) is 11.6 Å². The Morgan fingerprint density at radius 2 is 1.67 bits per heavy atom. The summed E-state index contributed by atoms with van der Waals surface area (Å²) in [5.41, 5.74) is 7.87. The number of benzene rings is 2. The first-order chi connectivity index (χ1) is 9.77. The molecule has 1 unspecified atom stereocenters. The van der Waals surface area contributed by atoms with E-state index in [2.05, 4.69) is 20.8 Å². The number of rotatable bonds is 3. The highest BCUT2D eigenvalue weighted by Gasteiger charge is 2.14. The lowest BCUT2D eigenvalue weighted by Crippen LogP contribution is -2.10. The highest BCUT2D eigenvalue weighted by molar-refractivity contribution is 5.41. The molecule has 0 heterocycles. The molecule has 0 radical (unpaired) electrons. The third kappa shape index (κ3) is 3.82. The zero-order chi connectivity index (χ0) is 15.6. The molecule has 0 fully saturated rings. The Labute approximate surface area is 125 Å². The second-order valence-electron chi connectivity index (χ2n) is 6.35. The third-order valence-corrected chi connectivity index (χ3v) is 3.41. The Hall–Kier alpha value is -1.87. The molecule has 21 heavy (non-hydrogen) atoms. The predicted molar refractivity (Wildman–Crippen MR) is 84.2 cm³/mol. The fourth-order valence-corrected chi connectivity index (χ4v) is 2.12. The molecule has 0 amide bonds. The van der Waals surface area contributed by atoms with Crippen molar-refractivity contribution in [3.8, 4) is 11.5 Å². The van der Waals surface area contributed by atoms with E-state index in [1.165, 1.54) is 17.7 Å². The molecule has 112 valence electrons. The van der Waals surface area contributed by atoms with Gasteiger partial charge in [0.1, 0.15) is 17.3 Å². The van der Waals surface area contributed by atoms with Gasteiger partial charge < -0.3 is 10.5 Å². The summed E-state index contributed by atoms with van der Waals surface area (Å²) >= 11 is 0. The lowest BCUT2D eigenvalue weighted by molar-refractivity contribution is 0.468. The molecule has 2 N–H and O–H groups in total. The molecule has 0 saturated heterocycles. The summed E-state index contributed by atoms with van der Waals surface area (Å²) in [5.74, 6) is 1.00. The van der Waals surface area contributed by atoms with E-state index in [4.69, 9.17) is 10.5 Å². The van der Waals surface area contributed by atoms with Crippen molar-refractivity contribution in [2.24, 2.45) is 5.73 Å². The molecular formula is C18H22FNO. The van der Waals surface area contributed by atoms with Gasteiger partial charge in [-0.3, -0.25) is 0 Å². The van der Waals surface area contributed by atoms with Crippen LogP contribution in [0.1, 0.15) is 44.9 Å². The maximum absolute atomic E-state index is 13.3. The summed E-state index contributed by atoms with van der Waals surface area (Å²) in [6.07, 6.45) is 0. The third-order valence-electron chi connectivity index (χ3n) is 3.41. The van der Waals surface area contributed by atoms with Crippen LogP contribution in [-0.2, 0) is 5.41 Å². The van der Waals surface area contributed by atoms with Crippen molar-refractivity contribution >= 4 is 0 Å². The van der Waals surface area contributed by atoms with Crippen molar-refractivity contribution in [2.45, 2.75) is 39.2 Å². The first-order valence-corrected chi connectivity index (χ1v) is 7.11. The Morgan fingerprint density at radius 1 is 1.05 bits per heavy atom. The fraction of sp³-hybridized carbons (Fsp3) is 0.333. The molecule has 1 atom stereocenters. The minimum atomic E-state index is -0.308. The van der Waals surface area contributed by atoms with E-state index < -0.39 is 0 Å². The number of hydrogen-bond donors (Lipinski definition) is 1. The lowest BCUT2D eigenvalue weighted by atomic mass is 9.87. The van der Waals surface area contributed by atoms with Crippen molar-refractivity contribution in [1.29, 1.82) is 0 Å². The van der Waals surface area contributed by atoms with Crippen molar-refractivity contribution in [2.75, 3.05) is 0 Å². The largest absolute Gasteiger partial charge is 0.457 e. The van der Waals surface area contributed by atoms with Crippen LogP contribution in [-0.4, -0.2) is 0 Å². The van der Waals surface area contributed by atoms with Gasteiger partial charge in [-0.2, -0.15) is 0 Å². The van der Waals surface area contributed by atoms with Gasteiger partial charge in [-0.25, -0.2) is 4.39 Å². The molecule has 0 spiro atoms. The molecule has 2 nitrogen and oxygen atoms in total. The maximum atomic E-state index is 13.3. The molecule has 0 aromatic heterocycles. The summed E-state index contributed by atoms with van der Waals surface area (Å²) in [4.78, 5) is 0. The van der Waals surface area contributed by atoms with Gasteiger partial charge in [0.2, 0.25) is 0 Å². The van der Waals surface area contributed by atoms with Gasteiger partial charge in [-0.1, -0.05) is 32.9 Å². The molecule has 2 rings (SSSR count). The van der Waals surface area contributed by atoms with E-state index in [0.717, 1.165) is 5.75 Å². The summed E-state index contributed by atoms with van der Waals surface area (Å²) in [6, 6.07) is 12.1. The van der Waals surface area contributed by atoms with Crippen LogP contribution >= 0.6 is 0 Å². The average molecular weight is 287 g/mol. The smallest absolute Gasteiger partial charge is 0.132 e. The van der Waals surface area contributed by atoms with Crippen LogP contribution < -0.4 is 10.5 Å². The molecule has 0 bridgehead atoms. The van der Waals surface area contributed by atoms with Crippen LogP contribution in [0.25, 0.3) is 0 Å². The second-order valence-corrected chi connectivity index (χ2v) is 6.35. The molecule has 2 aromatic rings. The topological polar surface area (TPSA) is 35.2 Å². The van der Waals surface area contributed by atoms with Gasteiger partial charge in [0.25, 0.3) is 0 Å². The van der Waals surface area contributed by atoms with E-state index in [1.54, 1.807) is 6.07 Å². The van der Waals surface area contributed by atoms with Gasteiger partial charge >= 0.3 is 0 Å². The van der Waals surface area contributed by atoms with Crippen LogP contribution in [0.4, 0.5) is 4.39 Å². The minimum absolute atomic E-state index is 0.103.